The number of fused-ring (bicyclic) bond motifs is 7. The number of nitrogens with two attached hydrogens (primary N) is 1. The monoisotopic (exact) mass is 457 g/mol. The summed E-state index contributed by atoms with van der Waals surface area (Å²) >= 11 is 0. The number of carbonyl (C=O) groups is 1. The molecule has 0 aromatic rings. The van der Waals surface area contributed by atoms with Gasteiger partial charge in [-0.2, -0.15) is 0 Å². The molecule has 0 aromatic heterocycles. The molecular formula is C29H47NO3. The highest BCUT2D eigenvalue weighted by atomic mass is 16.5. The third-order valence-electron chi connectivity index (χ3n) is 11.6. The zero-order chi connectivity index (χ0) is 23.5. The minimum absolute atomic E-state index is 0.296. The first-order valence-electron chi connectivity index (χ1n) is 13.9. The van der Waals surface area contributed by atoms with Crippen LogP contribution in [0.3, 0.4) is 0 Å². The van der Waals surface area contributed by atoms with Crippen molar-refractivity contribution in [3.05, 3.63) is 11.6 Å². The van der Waals surface area contributed by atoms with Crippen molar-refractivity contribution >= 4 is 5.97 Å². The average molecular weight is 458 g/mol. The summed E-state index contributed by atoms with van der Waals surface area (Å²) in [4.78, 5) is 11.3. The average Bonchev–Trinajstić information content (AvgIpc) is 3.25. The highest BCUT2D eigenvalue weighted by molar-refractivity contribution is 5.67. The third kappa shape index (κ3) is 3.82. The normalized spacial score (nSPS) is 49.4. The highest BCUT2D eigenvalue weighted by Gasteiger charge is 2.64. The largest absolute Gasteiger partial charge is 0.481 e. The maximum absolute atomic E-state index is 11.3. The Hall–Kier alpha value is -0.870. The predicted octanol–water partition coefficient (Wildman–Crippen LogP) is 6.04. The third-order valence-corrected chi connectivity index (χ3v) is 11.6. The van der Waals surface area contributed by atoms with Crippen molar-refractivity contribution < 1.29 is 14.6 Å². The standard InChI is InChI=1S/C29H47NO3/c1-17(16-30)5-8-24-18(2)27-25(33-24)15-23-21-7-6-20-13-19(14-26(31)32)9-11-28(20,3)22(21)10-12-29(23,27)4/h6,17-19,21-25,27H,5,7-16,30H2,1-4H3,(H,31,32)/t17?,18-,19?,21-,22+,23+,24-,25+,27+,28+,29+/m1/s1. The number of ether oxygens (including phenoxy) is 1. The maximum Gasteiger partial charge on any atom is 0.303 e. The van der Waals surface area contributed by atoms with E-state index in [9.17, 15) is 9.90 Å². The van der Waals surface area contributed by atoms with E-state index in [1.165, 1.54) is 44.9 Å². The van der Waals surface area contributed by atoms with Gasteiger partial charge in [0.15, 0.2) is 0 Å². The lowest BCUT2D eigenvalue weighted by Crippen LogP contribution is -2.50. The van der Waals surface area contributed by atoms with Crippen LogP contribution in [0.1, 0.15) is 91.9 Å². The number of aliphatic carboxylic acids is 1. The molecule has 5 rings (SSSR count). The van der Waals surface area contributed by atoms with E-state index in [1.54, 1.807) is 5.57 Å². The lowest BCUT2D eigenvalue weighted by Gasteiger charge is -2.58. The van der Waals surface area contributed by atoms with Crippen molar-refractivity contribution in [3.63, 3.8) is 0 Å². The van der Waals surface area contributed by atoms with Gasteiger partial charge in [0, 0.05) is 6.42 Å². The van der Waals surface area contributed by atoms with E-state index >= 15 is 0 Å². The summed E-state index contributed by atoms with van der Waals surface area (Å²) in [6, 6.07) is 0. The van der Waals surface area contributed by atoms with Crippen LogP contribution in [0.4, 0.5) is 0 Å². The predicted molar refractivity (Wildman–Crippen MR) is 132 cm³/mol. The van der Waals surface area contributed by atoms with Crippen molar-refractivity contribution in [2.45, 2.75) is 104 Å². The number of allylic oxidation sites excluding steroid dienone is 2. The lowest BCUT2D eigenvalue weighted by molar-refractivity contribution is -0.138. The number of carboxylic acids is 1. The minimum Gasteiger partial charge on any atom is -0.481 e. The van der Waals surface area contributed by atoms with Gasteiger partial charge in [-0.25, -0.2) is 0 Å². The second-order valence-corrected chi connectivity index (χ2v) is 13.3. The van der Waals surface area contributed by atoms with Gasteiger partial charge in [-0.1, -0.05) is 39.3 Å². The molecule has 3 saturated carbocycles. The smallest absolute Gasteiger partial charge is 0.303 e. The molecule has 4 fully saturated rings. The molecule has 0 spiro atoms. The fraction of sp³-hybridized carbons (Fsp3) is 0.897. The van der Waals surface area contributed by atoms with Crippen molar-refractivity contribution in [2.24, 2.45) is 58.0 Å². The number of carboxylic acid groups (broad SMARTS) is 1. The topological polar surface area (TPSA) is 72.5 Å². The quantitative estimate of drug-likeness (QED) is 0.477. The Balaban J connectivity index is 1.31. The first-order valence-corrected chi connectivity index (χ1v) is 13.9. The number of rotatable bonds is 6. The Morgan fingerprint density at radius 1 is 1.27 bits per heavy atom. The molecule has 1 heterocycles. The number of hydrogen-bond donors (Lipinski definition) is 2. The van der Waals surface area contributed by atoms with Crippen molar-refractivity contribution in [1.29, 1.82) is 0 Å². The summed E-state index contributed by atoms with van der Waals surface area (Å²) < 4.78 is 6.80. The van der Waals surface area contributed by atoms with Gasteiger partial charge in [-0.3, -0.25) is 4.79 Å². The van der Waals surface area contributed by atoms with Gasteiger partial charge in [0.1, 0.15) is 0 Å². The Bertz CT molecular complexity index is 794. The SMILES string of the molecule is CC(CN)CC[C@H]1O[C@H]2C[C@H]3[C@@H]4CC=C5CC(CC(=O)O)CC[C@]5(C)[C@H]4CC[C@]3(C)[C@H]2[C@@H]1C. The van der Waals surface area contributed by atoms with E-state index in [2.05, 4.69) is 33.8 Å². The Kier molecular flexibility index (Phi) is 6.26. The second kappa shape index (κ2) is 8.66. The molecule has 0 bridgehead atoms. The van der Waals surface area contributed by atoms with Crippen LogP contribution in [0.5, 0.6) is 0 Å². The summed E-state index contributed by atoms with van der Waals surface area (Å²) in [5.74, 6) is 4.01. The van der Waals surface area contributed by atoms with Crippen LogP contribution >= 0.6 is 0 Å². The number of hydrogen-bond acceptors (Lipinski definition) is 3. The van der Waals surface area contributed by atoms with Gasteiger partial charge >= 0.3 is 5.97 Å². The van der Waals surface area contributed by atoms with Crippen LogP contribution in [-0.4, -0.2) is 29.8 Å². The minimum atomic E-state index is -0.631. The molecule has 4 aliphatic carbocycles. The van der Waals surface area contributed by atoms with Gasteiger partial charge in [-0.15, -0.1) is 0 Å². The summed E-state index contributed by atoms with van der Waals surface area (Å²) in [5.41, 5.74) is 8.18. The molecule has 1 aliphatic heterocycles. The molecule has 0 aromatic carbocycles. The van der Waals surface area contributed by atoms with Crippen molar-refractivity contribution in [3.8, 4) is 0 Å². The molecule has 4 heteroatoms. The molecule has 2 unspecified atom stereocenters. The van der Waals surface area contributed by atoms with Gasteiger partial charge in [0.05, 0.1) is 12.2 Å². The summed E-state index contributed by atoms with van der Waals surface area (Å²) in [6.45, 7) is 10.7. The molecule has 33 heavy (non-hydrogen) atoms. The molecule has 5 aliphatic rings. The van der Waals surface area contributed by atoms with Crippen LogP contribution in [0.25, 0.3) is 0 Å². The molecule has 0 radical (unpaired) electrons. The van der Waals surface area contributed by atoms with Gasteiger partial charge in [0.2, 0.25) is 0 Å². The Labute approximate surface area is 201 Å². The van der Waals surface area contributed by atoms with E-state index in [4.69, 9.17) is 10.5 Å². The van der Waals surface area contributed by atoms with E-state index in [-0.39, 0.29) is 0 Å². The lowest BCUT2D eigenvalue weighted by atomic mass is 9.46. The van der Waals surface area contributed by atoms with E-state index in [0.29, 0.717) is 53.1 Å². The zero-order valence-corrected chi connectivity index (χ0v) is 21.4. The van der Waals surface area contributed by atoms with Crippen LogP contribution in [0.2, 0.25) is 0 Å². The summed E-state index contributed by atoms with van der Waals surface area (Å²) in [5, 5.41) is 9.30. The van der Waals surface area contributed by atoms with E-state index < -0.39 is 5.97 Å². The fourth-order valence-electron chi connectivity index (χ4n) is 9.74. The zero-order valence-electron chi connectivity index (χ0n) is 21.4. The molecule has 186 valence electrons. The fourth-order valence-corrected chi connectivity index (χ4v) is 9.74. The van der Waals surface area contributed by atoms with Crippen LogP contribution < -0.4 is 5.73 Å². The van der Waals surface area contributed by atoms with Gasteiger partial charge in [-0.05, 0) is 117 Å². The Morgan fingerprint density at radius 3 is 2.79 bits per heavy atom. The summed E-state index contributed by atoms with van der Waals surface area (Å²) in [7, 11) is 0. The molecule has 11 atom stereocenters. The van der Waals surface area contributed by atoms with Gasteiger partial charge in [0.25, 0.3) is 0 Å². The van der Waals surface area contributed by atoms with Crippen LogP contribution in [0.15, 0.2) is 11.6 Å². The molecular weight excluding hydrogens is 410 g/mol. The van der Waals surface area contributed by atoms with E-state index in [1.807, 2.05) is 0 Å². The molecule has 1 saturated heterocycles. The molecule has 3 N–H and O–H groups in total. The van der Waals surface area contributed by atoms with Crippen LogP contribution in [-0.2, 0) is 9.53 Å². The second-order valence-electron chi connectivity index (χ2n) is 13.3. The maximum atomic E-state index is 11.3. The first-order chi connectivity index (χ1) is 15.7. The highest BCUT2D eigenvalue weighted by Crippen LogP contribution is 2.69. The van der Waals surface area contributed by atoms with Gasteiger partial charge < -0.3 is 15.6 Å². The molecule has 4 nitrogen and oxygen atoms in total. The Morgan fingerprint density at radius 2 is 2.06 bits per heavy atom. The van der Waals surface area contributed by atoms with Crippen LogP contribution in [0, 0.1) is 52.3 Å². The van der Waals surface area contributed by atoms with Crippen molar-refractivity contribution in [2.75, 3.05) is 6.54 Å². The van der Waals surface area contributed by atoms with E-state index in [0.717, 1.165) is 37.1 Å². The van der Waals surface area contributed by atoms with Crippen molar-refractivity contribution in [1.82, 2.24) is 0 Å². The molecule has 0 amide bonds. The first kappa shape index (κ1) is 23.9. The summed E-state index contributed by atoms with van der Waals surface area (Å²) in [6.07, 6.45) is 14.6.